The second-order valence-corrected chi connectivity index (χ2v) is 4.80. The van der Waals surface area contributed by atoms with Crippen molar-refractivity contribution in [1.29, 1.82) is 0 Å². The van der Waals surface area contributed by atoms with Crippen molar-refractivity contribution in [2.45, 2.75) is 6.54 Å². The molecular formula is C16H15N5O3. The number of furan rings is 1. The number of esters is 1. The maximum absolute atomic E-state index is 11.6. The summed E-state index contributed by atoms with van der Waals surface area (Å²) in [5, 5.41) is 13.9. The Kier molecular flexibility index (Phi) is 4.66. The predicted octanol–water partition coefficient (Wildman–Crippen LogP) is 2.61. The Morgan fingerprint density at radius 1 is 1.29 bits per heavy atom. The fourth-order valence-corrected chi connectivity index (χ4v) is 2.00. The molecule has 1 aromatic carbocycles. The lowest BCUT2D eigenvalue weighted by atomic mass is 10.2. The van der Waals surface area contributed by atoms with E-state index in [-0.39, 0.29) is 0 Å². The van der Waals surface area contributed by atoms with E-state index in [2.05, 4.69) is 25.8 Å². The molecule has 2 aromatic heterocycles. The Morgan fingerprint density at radius 3 is 3.00 bits per heavy atom. The minimum Gasteiger partial charge on any atom is -0.467 e. The second kappa shape index (κ2) is 7.23. The number of nitrogens with zero attached hydrogens (tertiary/aromatic N) is 3. The van der Waals surface area contributed by atoms with Crippen LogP contribution in [0.2, 0.25) is 0 Å². The summed E-state index contributed by atoms with van der Waals surface area (Å²) >= 11 is 0. The summed E-state index contributed by atoms with van der Waals surface area (Å²) in [6.45, 7) is 0.489. The number of methoxy groups -OCH3 is 1. The van der Waals surface area contributed by atoms with Gasteiger partial charge in [0.1, 0.15) is 5.76 Å². The van der Waals surface area contributed by atoms with Gasteiger partial charge in [-0.3, -0.25) is 0 Å². The van der Waals surface area contributed by atoms with Gasteiger partial charge in [0.15, 0.2) is 5.82 Å². The highest BCUT2D eigenvalue weighted by atomic mass is 16.5. The molecule has 0 aliphatic heterocycles. The number of carbonyl (C=O) groups excluding carboxylic acids is 1. The SMILES string of the molecule is COC(=O)c1cccc(Nc2nncc(NCc3ccco3)n2)c1. The van der Waals surface area contributed by atoms with Gasteiger partial charge in [-0.05, 0) is 30.3 Å². The number of hydrogen-bond donors (Lipinski definition) is 2. The Bertz CT molecular complexity index is 820. The van der Waals surface area contributed by atoms with E-state index >= 15 is 0 Å². The van der Waals surface area contributed by atoms with Crippen molar-refractivity contribution in [1.82, 2.24) is 15.2 Å². The van der Waals surface area contributed by atoms with Gasteiger partial charge in [0.05, 0.1) is 31.7 Å². The summed E-state index contributed by atoms with van der Waals surface area (Å²) < 4.78 is 9.94. The fraction of sp³-hybridized carbons (Fsp3) is 0.125. The molecule has 24 heavy (non-hydrogen) atoms. The van der Waals surface area contributed by atoms with E-state index in [1.807, 2.05) is 12.1 Å². The first-order chi connectivity index (χ1) is 11.7. The first kappa shape index (κ1) is 15.5. The zero-order valence-corrected chi connectivity index (χ0v) is 12.9. The smallest absolute Gasteiger partial charge is 0.337 e. The van der Waals surface area contributed by atoms with Gasteiger partial charge in [0.2, 0.25) is 5.95 Å². The molecule has 0 fully saturated rings. The van der Waals surface area contributed by atoms with Crippen molar-refractivity contribution in [2.75, 3.05) is 17.7 Å². The molecule has 0 saturated carbocycles. The molecule has 0 unspecified atom stereocenters. The van der Waals surface area contributed by atoms with E-state index in [0.717, 1.165) is 5.76 Å². The first-order valence-electron chi connectivity index (χ1n) is 7.16. The van der Waals surface area contributed by atoms with Crippen molar-refractivity contribution in [3.8, 4) is 0 Å². The Balaban J connectivity index is 1.69. The third-order valence-electron chi connectivity index (χ3n) is 3.12. The lowest BCUT2D eigenvalue weighted by Gasteiger charge is -2.07. The summed E-state index contributed by atoms with van der Waals surface area (Å²) in [5.41, 5.74) is 1.09. The van der Waals surface area contributed by atoms with Crippen LogP contribution in [0.15, 0.2) is 53.3 Å². The molecular weight excluding hydrogens is 310 g/mol. The van der Waals surface area contributed by atoms with Crippen LogP contribution in [0.4, 0.5) is 17.5 Å². The quantitative estimate of drug-likeness (QED) is 0.667. The molecule has 3 rings (SSSR count). The van der Waals surface area contributed by atoms with Crippen LogP contribution in [0.1, 0.15) is 16.1 Å². The summed E-state index contributed by atoms with van der Waals surface area (Å²) in [6.07, 6.45) is 3.12. The summed E-state index contributed by atoms with van der Waals surface area (Å²) in [7, 11) is 1.34. The van der Waals surface area contributed by atoms with Crippen molar-refractivity contribution in [3.05, 3.63) is 60.2 Å². The molecule has 0 aliphatic rings. The maximum Gasteiger partial charge on any atom is 0.337 e. The number of anilines is 3. The van der Waals surface area contributed by atoms with Crippen molar-refractivity contribution < 1.29 is 13.9 Å². The average molecular weight is 325 g/mol. The maximum atomic E-state index is 11.6. The van der Waals surface area contributed by atoms with E-state index in [9.17, 15) is 4.79 Å². The first-order valence-corrected chi connectivity index (χ1v) is 7.16. The largest absolute Gasteiger partial charge is 0.467 e. The molecule has 0 bridgehead atoms. The van der Waals surface area contributed by atoms with E-state index < -0.39 is 5.97 Å². The van der Waals surface area contributed by atoms with Gasteiger partial charge >= 0.3 is 5.97 Å². The number of hydrogen-bond acceptors (Lipinski definition) is 8. The summed E-state index contributed by atoms with van der Waals surface area (Å²) in [6, 6.07) is 10.5. The number of aromatic nitrogens is 3. The van der Waals surface area contributed by atoms with E-state index in [1.54, 1.807) is 30.5 Å². The van der Waals surface area contributed by atoms with Gasteiger partial charge in [-0.15, -0.1) is 5.10 Å². The van der Waals surface area contributed by atoms with Crippen LogP contribution in [0.25, 0.3) is 0 Å². The van der Waals surface area contributed by atoms with Crippen molar-refractivity contribution in [2.24, 2.45) is 0 Å². The van der Waals surface area contributed by atoms with Gasteiger partial charge in [-0.25, -0.2) is 4.79 Å². The van der Waals surface area contributed by atoms with Gasteiger partial charge in [-0.1, -0.05) is 6.07 Å². The average Bonchev–Trinajstić information content (AvgIpc) is 3.13. The topological polar surface area (TPSA) is 102 Å². The zero-order valence-electron chi connectivity index (χ0n) is 12.9. The minimum atomic E-state index is -0.411. The Labute approximate surface area is 137 Å². The van der Waals surface area contributed by atoms with Gasteiger partial charge < -0.3 is 19.8 Å². The standard InChI is InChI=1S/C16H15N5O3/c1-23-15(22)11-4-2-5-12(8-11)19-16-20-14(10-18-21-16)17-9-13-6-3-7-24-13/h2-8,10H,9H2,1H3,(H2,17,19,20,21). The number of rotatable bonds is 6. The third kappa shape index (κ3) is 3.86. The van der Waals surface area contributed by atoms with Crippen molar-refractivity contribution in [3.63, 3.8) is 0 Å². The van der Waals surface area contributed by atoms with E-state index in [4.69, 9.17) is 9.15 Å². The molecule has 2 N–H and O–H groups in total. The molecule has 0 spiro atoms. The van der Waals surface area contributed by atoms with Crippen LogP contribution in [-0.2, 0) is 11.3 Å². The third-order valence-corrected chi connectivity index (χ3v) is 3.12. The number of nitrogens with one attached hydrogen (secondary N) is 2. The molecule has 122 valence electrons. The van der Waals surface area contributed by atoms with Gasteiger partial charge in [0.25, 0.3) is 0 Å². The minimum absolute atomic E-state index is 0.307. The lowest BCUT2D eigenvalue weighted by molar-refractivity contribution is 0.0601. The van der Waals surface area contributed by atoms with Crippen LogP contribution in [0, 0.1) is 0 Å². The molecule has 8 nitrogen and oxygen atoms in total. The van der Waals surface area contributed by atoms with E-state index in [1.165, 1.54) is 13.3 Å². The van der Waals surface area contributed by atoms with Gasteiger partial charge in [-0.2, -0.15) is 10.1 Å². The number of ether oxygens (including phenoxy) is 1. The zero-order chi connectivity index (χ0) is 16.8. The highest BCUT2D eigenvalue weighted by molar-refractivity contribution is 5.90. The lowest BCUT2D eigenvalue weighted by Crippen LogP contribution is -2.06. The predicted molar refractivity (Wildman–Crippen MR) is 86.9 cm³/mol. The molecule has 3 aromatic rings. The normalized spacial score (nSPS) is 10.2. The molecule has 0 amide bonds. The Morgan fingerprint density at radius 2 is 2.21 bits per heavy atom. The number of carbonyl (C=O) groups is 1. The highest BCUT2D eigenvalue weighted by Crippen LogP contribution is 2.16. The molecule has 0 radical (unpaired) electrons. The molecule has 0 atom stereocenters. The molecule has 8 heteroatoms. The molecule has 2 heterocycles. The summed E-state index contributed by atoms with van der Waals surface area (Å²) in [5.74, 6) is 1.23. The van der Waals surface area contributed by atoms with Crippen molar-refractivity contribution >= 4 is 23.4 Å². The fourth-order valence-electron chi connectivity index (χ4n) is 2.00. The van der Waals surface area contributed by atoms with Crippen LogP contribution in [0.3, 0.4) is 0 Å². The van der Waals surface area contributed by atoms with Crippen LogP contribution in [-0.4, -0.2) is 28.3 Å². The summed E-state index contributed by atoms with van der Waals surface area (Å²) in [4.78, 5) is 15.9. The molecule has 0 aliphatic carbocycles. The van der Waals surface area contributed by atoms with Crippen LogP contribution >= 0.6 is 0 Å². The van der Waals surface area contributed by atoms with Gasteiger partial charge in [0, 0.05) is 5.69 Å². The van der Waals surface area contributed by atoms with E-state index in [0.29, 0.717) is 29.6 Å². The van der Waals surface area contributed by atoms with Crippen LogP contribution in [0.5, 0.6) is 0 Å². The Hall–Kier alpha value is -3.42. The monoisotopic (exact) mass is 325 g/mol. The highest BCUT2D eigenvalue weighted by Gasteiger charge is 2.07. The number of benzene rings is 1. The molecule has 0 saturated heterocycles. The van der Waals surface area contributed by atoms with Crippen LogP contribution < -0.4 is 10.6 Å². The second-order valence-electron chi connectivity index (χ2n) is 4.80.